The lowest BCUT2D eigenvalue weighted by Crippen LogP contribution is -1.92. The maximum atomic E-state index is 10.3. The van der Waals surface area contributed by atoms with Crippen molar-refractivity contribution in [2.45, 2.75) is 58.8 Å². The normalized spacial score (nSPS) is 14.0. The van der Waals surface area contributed by atoms with E-state index in [4.69, 9.17) is 5.11 Å². The van der Waals surface area contributed by atoms with E-state index >= 15 is 0 Å². The molecule has 0 rings (SSSR count). The Kier molecular flexibility index (Phi) is 13.7. The lowest BCUT2D eigenvalue weighted by atomic mass is 10.1. The van der Waals surface area contributed by atoms with Crippen molar-refractivity contribution < 1.29 is 9.90 Å². The van der Waals surface area contributed by atoms with Gasteiger partial charge in [-0.05, 0) is 44.4 Å². The molecule has 0 aliphatic heterocycles. The molecule has 0 radical (unpaired) electrons. The second-order valence-electron chi connectivity index (χ2n) is 5.25. The molecule has 1 unspecified atom stereocenters. The van der Waals surface area contributed by atoms with Crippen LogP contribution in [-0.4, -0.2) is 11.1 Å². The van der Waals surface area contributed by atoms with Crippen LogP contribution in [0.4, 0.5) is 0 Å². The van der Waals surface area contributed by atoms with Crippen LogP contribution in [0.5, 0.6) is 0 Å². The van der Waals surface area contributed by atoms with E-state index < -0.39 is 5.97 Å². The van der Waals surface area contributed by atoms with Gasteiger partial charge in [0.05, 0.1) is 0 Å². The molecule has 0 aromatic heterocycles. The van der Waals surface area contributed by atoms with Gasteiger partial charge in [-0.1, -0.05) is 62.5 Å². The van der Waals surface area contributed by atoms with E-state index in [1.54, 1.807) is 0 Å². The zero-order valence-electron chi connectivity index (χ0n) is 13.5. The van der Waals surface area contributed by atoms with E-state index in [0.717, 1.165) is 38.5 Å². The molecule has 0 spiro atoms. The van der Waals surface area contributed by atoms with Crippen molar-refractivity contribution in [1.29, 1.82) is 0 Å². The molecule has 1 N–H and O–H groups in total. The SMILES string of the molecule is CC/C=C\CC(C)/C=C/C=C\C/C=C\CCCCC(=O)O. The molecule has 0 saturated heterocycles. The Morgan fingerprint density at radius 3 is 2.57 bits per heavy atom. The molecule has 21 heavy (non-hydrogen) atoms. The number of carboxylic acids is 1. The second kappa shape index (κ2) is 14.8. The third-order valence-corrected chi connectivity index (χ3v) is 3.05. The van der Waals surface area contributed by atoms with Crippen LogP contribution in [0.15, 0.2) is 48.6 Å². The van der Waals surface area contributed by atoms with Crippen molar-refractivity contribution in [2.24, 2.45) is 5.92 Å². The van der Waals surface area contributed by atoms with E-state index in [2.05, 4.69) is 62.5 Å². The first kappa shape index (κ1) is 19.4. The molecule has 0 saturated carbocycles. The molecule has 0 aromatic rings. The van der Waals surface area contributed by atoms with E-state index in [-0.39, 0.29) is 6.42 Å². The van der Waals surface area contributed by atoms with Crippen LogP contribution in [0, 0.1) is 5.92 Å². The van der Waals surface area contributed by atoms with Gasteiger partial charge in [0, 0.05) is 6.42 Å². The molecule has 2 nitrogen and oxygen atoms in total. The molecule has 0 heterocycles. The number of hydrogen-bond acceptors (Lipinski definition) is 1. The van der Waals surface area contributed by atoms with Crippen molar-refractivity contribution >= 4 is 5.97 Å². The number of aliphatic carboxylic acids is 1. The molecular formula is C19H30O2. The summed E-state index contributed by atoms with van der Waals surface area (Å²) in [6.07, 6.45) is 23.4. The molecule has 2 heteroatoms. The Bertz CT molecular complexity index is 362. The highest BCUT2D eigenvalue weighted by Gasteiger charge is 1.94. The van der Waals surface area contributed by atoms with Crippen LogP contribution >= 0.6 is 0 Å². The topological polar surface area (TPSA) is 37.3 Å². The number of allylic oxidation sites excluding steroid dienone is 8. The van der Waals surface area contributed by atoms with Gasteiger partial charge in [0.2, 0.25) is 0 Å². The fourth-order valence-corrected chi connectivity index (χ4v) is 1.80. The first-order chi connectivity index (χ1) is 10.2. The molecule has 118 valence electrons. The zero-order chi connectivity index (χ0) is 15.8. The maximum Gasteiger partial charge on any atom is 0.303 e. The van der Waals surface area contributed by atoms with Gasteiger partial charge in [-0.25, -0.2) is 0 Å². The fraction of sp³-hybridized carbons (Fsp3) is 0.526. The lowest BCUT2D eigenvalue weighted by molar-refractivity contribution is -0.137. The van der Waals surface area contributed by atoms with Crippen LogP contribution in [0.2, 0.25) is 0 Å². The molecule has 0 aliphatic rings. The van der Waals surface area contributed by atoms with E-state index in [0.29, 0.717) is 5.92 Å². The first-order valence-electron chi connectivity index (χ1n) is 8.02. The minimum atomic E-state index is -0.701. The van der Waals surface area contributed by atoms with Gasteiger partial charge in [-0.2, -0.15) is 0 Å². The van der Waals surface area contributed by atoms with Gasteiger partial charge in [-0.15, -0.1) is 0 Å². The Labute approximate surface area is 130 Å². The van der Waals surface area contributed by atoms with Gasteiger partial charge in [0.15, 0.2) is 0 Å². The highest BCUT2D eigenvalue weighted by atomic mass is 16.4. The smallest absolute Gasteiger partial charge is 0.303 e. The minimum Gasteiger partial charge on any atom is -0.481 e. The van der Waals surface area contributed by atoms with E-state index in [1.807, 2.05) is 0 Å². The molecule has 1 atom stereocenters. The third kappa shape index (κ3) is 16.4. The van der Waals surface area contributed by atoms with E-state index in [1.165, 1.54) is 0 Å². The van der Waals surface area contributed by atoms with Crippen molar-refractivity contribution in [2.75, 3.05) is 0 Å². The van der Waals surface area contributed by atoms with Gasteiger partial charge in [0.25, 0.3) is 0 Å². The summed E-state index contributed by atoms with van der Waals surface area (Å²) in [4.78, 5) is 10.3. The average Bonchev–Trinajstić information content (AvgIpc) is 2.44. The standard InChI is InChI=1S/C19H30O2/c1-3-4-12-15-18(2)16-13-10-8-6-5-7-9-11-14-17-19(20)21/h4-5,7-8,10,12-13,16,18H,3,6,9,11,14-15,17H2,1-2H3,(H,20,21)/b7-5-,10-8-,12-4-,16-13+. The Morgan fingerprint density at radius 2 is 1.86 bits per heavy atom. The van der Waals surface area contributed by atoms with Gasteiger partial charge >= 0.3 is 5.97 Å². The summed E-state index contributed by atoms with van der Waals surface area (Å²) in [5.41, 5.74) is 0. The molecular weight excluding hydrogens is 260 g/mol. The average molecular weight is 290 g/mol. The third-order valence-electron chi connectivity index (χ3n) is 3.05. The number of hydrogen-bond donors (Lipinski definition) is 1. The summed E-state index contributed by atoms with van der Waals surface area (Å²) in [6.45, 7) is 4.38. The van der Waals surface area contributed by atoms with Crippen molar-refractivity contribution in [1.82, 2.24) is 0 Å². The largest absolute Gasteiger partial charge is 0.481 e. The van der Waals surface area contributed by atoms with Crippen LogP contribution in [0.3, 0.4) is 0 Å². The highest BCUT2D eigenvalue weighted by Crippen LogP contribution is 2.05. The zero-order valence-corrected chi connectivity index (χ0v) is 13.5. The molecule has 0 amide bonds. The summed E-state index contributed by atoms with van der Waals surface area (Å²) in [7, 11) is 0. The van der Waals surface area contributed by atoms with Crippen LogP contribution in [0.1, 0.15) is 58.8 Å². The van der Waals surface area contributed by atoms with Crippen LogP contribution < -0.4 is 0 Å². The summed E-state index contributed by atoms with van der Waals surface area (Å²) in [6, 6.07) is 0. The van der Waals surface area contributed by atoms with Gasteiger partial charge in [-0.3, -0.25) is 4.79 Å². The Balaban J connectivity index is 3.58. The Morgan fingerprint density at radius 1 is 1.05 bits per heavy atom. The van der Waals surface area contributed by atoms with Crippen LogP contribution in [0.25, 0.3) is 0 Å². The van der Waals surface area contributed by atoms with Gasteiger partial charge in [0.1, 0.15) is 0 Å². The highest BCUT2D eigenvalue weighted by molar-refractivity contribution is 5.66. The second-order valence-corrected chi connectivity index (χ2v) is 5.25. The summed E-state index contributed by atoms with van der Waals surface area (Å²) in [5.74, 6) is -0.115. The maximum absolute atomic E-state index is 10.3. The monoisotopic (exact) mass is 290 g/mol. The summed E-state index contributed by atoms with van der Waals surface area (Å²) in [5, 5.41) is 8.50. The minimum absolute atomic E-state index is 0.282. The number of rotatable bonds is 12. The summed E-state index contributed by atoms with van der Waals surface area (Å²) < 4.78 is 0. The van der Waals surface area contributed by atoms with Crippen molar-refractivity contribution in [3.05, 3.63) is 48.6 Å². The fourth-order valence-electron chi connectivity index (χ4n) is 1.80. The number of carboxylic acid groups (broad SMARTS) is 1. The van der Waals surface area contributed by atoms with Crippen molar-refractivity contribution in [3.8, 4) is 0 Å². The molecule has 0 aromatic carbocycles. The van der Waals surface area contributed by atoms with Crippen LogP contribution in [-0.2, 0) is 4.79 Å². The predicted octanol–water partition coefficient (Wildman–Crippen LogP) is 5.68. The molecule has 0 bridgehead atoms. The first-order valence-corrected chi connectivity index (χ1v) is 8.02. The number of unbranched alkanes of at least 4 members (excludes halogenated alkanes) is 2. The number of carbonyl (C=O) groups is 1. The Hall–Kier alpha value is -1.57. The molecule has 0 fully saturated rings. The molecule has 0 aliphatic carbocycles. The lowest BCUT2D eigenvalue weighted by Gasteiger charge is -1.99. The quantitative estimate of drug-likeness (QED) is 0.285. The van der Waals surface area contributed by atoms with E-state index in [9.17, 15) is 4.79 Å². The van der Waals surface area contributed by atoms with Crippen molar-refractivity contribution in [3.63, 3.8) is 0 Å². The summed E-state index contributed by atoms with van der Waals surface area (Å²) >= 11 is 0. The predicted molar refractivity (Wildman–Crippen MR) is 91.4 cm³/mol. The van der Waals surface area contributed by atoms with Gasteiger partial charge < -0.3 is 5.11 Å².